The van der Waals surface area contributed by atoms with E-state index in [1.807, 2.05) is 0 Å². The summed E-state index contributed by atoms with van der Waals surface area (Å²) < 4.78 is 26.6. The van der Waals surface area contributed by atoms with Gasteiger partial charge in [-0.3, -0.25) is 4.90 Å². The van der Waals surface area contributed by atoms with E-state index < -0.39 is 11.8 Å². The number of nitrogens with zero attached hydrogens (tertiary/aromatic N) is 1. The standard InChI is InChI=1S/C8H14F2INO/c1-6-7(11)4-12(2-3-13)5-8(6,9)10/h6-7,13H,2-5H2,1H3. The molecule has 0 aromatic rings. The number of likely N-dealkylation sites (tertiary alicyclic amines) is 1. The van der Waals surface area contributed by atoms with E-state index in [4.69, 9.17) is 5.11 Å². The monoisotopic (exact) mass is 305 g/mol. The molecule has 0 aromatic carbocycles. The van der Waals surface area contributed by atoms with Crippen LogP contribution in [0.5, 0.6) is 0 Å². The number of hydrogen-bond acceptors (Lipinski definition) is 2. The first-order valence-corrected chi connectivity index (χ1v) is 5.57. The second kappa shape index (κ2) is 4.35. The van der Waals surface area contributed by atoms with E-state index in [2.05, 4.69) is 22.6 Å². The highest BCUT2D eigenvalue weighted by atomic mass is 127. The van der Waals surface area contributed by atoms with E-state index in [0.717, 1.165) is 0 Å². The molecule has 2 atom stereocenters. The Morgan fingerprint density at radius 3 is 2.69 bits per heavy atom. The third-order valence-corrected chi connectivity index (χ3v) is 3.96. The molecular formula is C8H14F2INO. The fourth-order valence-electron chi connectivity index (χ4n) is 1.49. The first-order chi connectivity index (χ1) is 5.97. The van der Waals surface area contributed by atoms with Crippen LogP contribution < -0.4 is 0 Å². The third-order valence-electron chi connectivity index (χ3n) is 2.49. The lowest BCUT2D eigenvalue weighted by molar-refractivity contribution is -0.100. The number of alkyl halides is 3. The average Bonchev–Trinajstić information content (AvgIpc) is 2.00. The molecule has 0 amide bonds. The van der Waals surface area contributed by atoms with Gasteiger partial charge < -0.3 is 5.11 Å². The summed E-state index contributed by atoms with van der Waals surface area (Å²) in [5.74, 6) is -3.18. The minimum Gasteiger partial charge on any atom is -0.395 e. The second-order valence-corrected chi connectivity index (χ2v) is 5.12. The molecule has 78 valence electrons. The molecule has 0 aromatic heterocycles. The zero-order valence-corrected chi connectivity index (χ0v) is 9.67. The summed E-state index contributed by atoms with van der Waals surface area (Å²) in [4.78, 5) is 1.62. The molecule has 1 rings (SSSR count). The Morgan fingerprint density at radius 1 is 1.62 bits per heavy atom. The maximum Gasteiger partial charge on any atom is 0.264 e. The summed E-state index contributed by atoms with van der Waals surface area (Å²) in [6.45, 7) is 2.33. The lowest BCUT2D eigenvalue weighted by Gasteiger charge is -2.39. The molecule has 13 heavy (non-hydrogen) atoms. The summed E-state index contributed by atoms with van der Waals surface area (Å²) in [6.07, 6.45) is 0. The molecule has 1 aliphatic rings. The molecule has 2 unspecified atom stereocenters. The smallest absolute Gasteiger partial charge is 0.264 e. The third kappa shape index (κ3) is 2.73. The number of hydrogen-bond donors (Lipinski definition) is 1. The lowest BCUT2D eigenvalue weighted by atomic mass is 9.95. The Kier molecular flexibility index (Phi) is 3.88. The molecule has 0 aliphatic carbocycles. The van der Waals surface area contributed by atoms with E-state index in [1.165, 1.54) is 0 Å². The van der Waals surface area contributed by atoms with Crippen molar-refractivity contribution in [2.75, 3.05) is 26.2 Å². The van der Waals surface area contributed by atoms with E-state index >= 15 is 0 Å². The van der Waals surface area contributed by atoms with Crippen LogP contribution in [0.3, 0.4) is 0 Å². The molecule has 0 spiro atoms. The molecule has 2 nitrogen and oxygen atoms in total. The van der Waals surface area contributed by atoms with Crippen LogP contribution in [0.25, 0.3) is 0 Å². The Morgan fingerprint density at radius 2 is 2.23 bits per heavy atom. The van der Waals surface area contributed by atoms with E-state index in [1.54, 1.807) is 11.8 Å². The first kappa shape index (κ1) is 11.6. The van der Waals surface area contributed by atoms with Gasteiger partial charge in [0.2, 0.25) is 0 Å². The first-order valence-electron chi connectivity index (χ1n) is 4.32. The van der Waals surface area contributed by atoms with Gasteiger partial charge in [0.15, 0.2) is 0 Å². The lowest BCUT2D eigenvalue weighted by Crippen LogP contribution is -2.53. The minimum absolute atomic E-state index is 0.0344. The molecule has 0 radical (unpaired) electrons. The van der Waals surface area contributed by atoms with Crippen molar-refractivity contribution >= 4 is 22.6 Å². The van der Waals surface area contributed by atoms with Gasteiger partial charge in [0, 0.05) is 22.9 Å². The maximum atomic E-state index is 13.3. The van der Waals surface area contributed by atoms with Crippen molar-refractivity contribution in [2.24, 2.45) is 5.92 Å². The Bertz CT molecular complexity index is 180. The van der Waals surface area contributed by atoms with E-state index in [9.17, 15) is 8.78 Å². The Labute approximate surface area is 90.4 Å². The van der Waals surface area contributed by atoms with Crippen molar-refractivity contribution in [1.82, 2.24) is 4.90 Å². The second-order valence-electron chi connectivity index (χ2n) is 3.52. The van der Waals surface area contributed by atoms with Crippen LogP contribution in [-0.4, -0.2) is 46.1 Å². The highest BCUT2D eigenvalue weighted by molar-refractivity contribution is 14.1. The molecule has 5 heteroatoms. The highest BCUT2D eigenvalue weighted by Gasteiger charge is 2.45. The Balaban J connectivity index is 2.59. The fourth-order valence-corrected chi connectivity index (χ4v) is 2.57. The fraction of sp³-hybridized carbons (Fsp3) is 1.00. The number of piperidine rings is 1. The van der Waals surface area contributed by atoms with Crippen molar-refractivity contribution in [3.05, 3.63) is 0 Å². The van der Waals surface area contributed by atoms with Gasteiger partial charge in [-0.1, -0.05) is 29.5 Å². The van der Waals surface area contributed by atoms with Crippen molar-refractivity contribution in [1.29, 1.82) is 0 Å². The van der Waals surface area contributed by atoms with Gasteiger partial charge in [0.25, 0.3) is 5.92 Å². The quantitative estimate of drug-likeness (QED) is 0.615. The number of aliphatic hydroxyl groups excluding tert-OH is 1. The van der Waals surface area contributed by atoms with Crippen molar-refractivity contribution in [2.45, 2.75) is 16.8 Å². The molecule has 0 bridgehead atoms. The number of halogens is 3. The SMILES string of the molecule is CC1C(I)CN(CCO)CC1(F)F. The summed E-state index contributed by atoms with van der Waals surface area (Å²) in [6, 6.07) is 0. The van der Waals surface area contributed by atoms with Gasteiger partial charge in [-0.05, 0) is 0 Å². The molecule has 1 N–H and O–H groups in total. The van der Waals surface area contributed by atoms with Crippen LogP contribution in [0.15, 0.2) is 0 Å². The average molecular weight is 305 g/mol. The number of β-amino-alcohol motifs (C(OH)–C–C–N with tert-alkyl or cyclic N) is 1. The van der Waals surface area contributed by atoms with Crippen LogP contribution in [-0.2, 0) is 0 Å². The minimum atomic E-state index is -2.61. The highest BCUT2D eigenvalue weighted by Crippen LogP contribution is 2.35. The van der Waals surface area contributed by atoms with Crippen molar-refractivity contribution in [3.8, 4) is 0 Å². The van der Waals surface area contributed by atoms with Gasteiger partial charge in [-0.25, -0.2) is 8.78 Å². The topological polar surface area (TPSA) is 23.5 Å². The molecular weight excluding hydrogens is 291 g/mol. The Hall–Kier alpha value is 0.510. The predicted octanol–water partition coefficient (Wildman–Crippen LogP) is 1.37. The summed E-state index contributed by atoms with van der Waals surface area (Å²) in [7, 11) is 0. The van der Waals surface area contributed by atoms with Crippen LogP contribution in [0, 0.1) is 5.92 Å². The van der Waals surface area contributed by atoms with Crippen LogP contribution in [0.2, 0.25) is 0 Å². The maximum absolute atomic E-state index is 13.3. The molecule has 1 heterocycles. The molecule has 1 fully saturated rings. The molecule has 1 aliphatic heterocycles. The summed E-state index contributed by atoms with van der Waals surface area (Å²) >= 11 is 2.06. The largest absolute Gasteiger partial charge is 0.395 e. The van der Waals surface area contributed by atoms with Crippen LogP contribution in [0.4, 0.5) is 8.78 Å². The van der Waals surface area contributed by atoms with Crippen molar-refractivity contribution in [3.63, 3.8) is 0 Å². The molecule has 1 saturated heterocycles. The van der Waals surface area contributed by atoms with Gasteiger partial charge in [0.1, 0.15) is 0 Å². The van der Waals surface area contributed by atoms with E-state index in [-0.39, 0.29) is 17.1 Å². The zero-order valence-electron chi connectivity index (χ0n) is 7.51. The van der Waals surface area contributed by atoms with Crippen molar-refractivity contribution < 1.29 is 13.9 Å². The predicted molar refractivity (Wildman–Crippen MR) is 55.4 cm³/mol. The van der Waals surface area contributed by atoms with Crippen LogP contribution in [0.1, 0.15) is 6.92 Å². The van der Waals surface area contributed by atoms with E-state index in [0.29, 0.717) is 13.1 Å². The number of rotatable bonds is 2. The van der Waals surface area contributed by atoms with Gasteiger partial charge in [-0.15, -0.1) is 0 Å². The number of aliphatic hydroxyl groups is 1. The normalized spacial score (nSPS) is 34.8. The van der Waals surface area contributed by atoms with Gasteiger partial charge >= 0.3 is 0 Å². The summed E-state index contributed by atoms with van der Waals surface area (Å²) in [5, 5.41) is 8.65. The molecule has 0 saturated carbocycles. The zero-order chi connectivity index (χ0) is 10.1. The summed E-state index contributed by atoms with van der Waals surface area (Å²) in [5.41, 5.74) is 0. The van der Waals surface area contributed by atoms with Gasteiger partial charge in [0.05, 0.1) is 13.2 Å². The van der Waals surface area contributed by atoms with Gasteiger partial charge in [-0.2, -0.15) is 0 Å². The van der Waals surface area contributed by atoms with Crippen LogP contribution >= 0.6 is 22.6 Å².